The molecule has 0 radical (unpaired) electrons. The van der Waals surface area contributed by atoms with Crippen molar-refractivity contribution >= 4 is 17.0 Å². The fraction of sp³-hybridized carbons (Fsp3) is 0.474. The lowest BCUT2D eigenvalue weighted by Gasteiger charge is -2.19. The molecule has 1 aliphatic carbocycles. The van der Waals surface area contributed by atoms with Crippen LogP contribution in [0.25, 0.3) is 11.3 Å². The Bertz CT molecular complexity index is 750. The van der Waals surface area contributed by atoms with Crippen LogP contribution in [0, 0.1) is 12.8 Å². The van der Waals surface area contributed by atoms with Crippen molar-refractivity contribution in [1.29, 1.82) is 0 Å². The summed E-state index contributed by atoms with van der Waals surface area (Å²) in [4.78, 5) is 5.62. The van der Waals surface area contributed by atoms with Crippen molar-refractivity contribution in [3.63, 3.8) is 0 Å². The molecule has 0 bridgehead atoms. The van der Waals surface area contributed by atoms with Gasteiger partial charge in [0.25, 0.3) is 0 Å². The summed E-state index contributed by atoms with van der Waals surface area (Å²) in [5.74, 6) is 0.746. The average molecular weight is 327 g/mol. The summed E-state index contributed by atoms with van der Waals surface area (Å²) in [5, 5.41) is 7.17. The predicted molar refractivity (Wildman–Crippen MR) is 99.1 cm³/mol. The summed E-state index contributed by atoms with van der Waals surface area (Å²) < 4.78 is 2.06. The van der Waals surface area contributed by atoms with Crippen LogP contribution in [-0.4, -0.2) is 16.9 Å². The minimum atomic E-state index is 0.746. The maximum absolute atomic E-state index is 5.00. The van der Waals surface area contributed by atoms with Gasteiger partial charge in [0.05, 0.1) is 5.69 Å². The van der Waals surface area contributed by atoms with Crippen molar-refractivity contribution in [1.82, 2.24) is 4.68 Å². The van der Waals surface area contributed by atoms with E-state index in [0.29, 0.717) is 0 Å². The normalized spacial score (nSPS) is 21.1. The maximum atomic E-state index is 5.00. The summed E-state index contributed by atoms with van der Waals surface area (Å²) in [6, 6.07) is 8.66. The highest BCUT2D eigenvalue weighted by atomic mass is 32.1. The van der Waals surface area contributed by atoms with E-state index in [4.69, 9.17) is 5.10 Å². The molecule has 0 N–H and O–H groups in total. The van der Waals surface area contributed by atoms with Crippen molar-refractivity contribution in [2.45, 2.75) is 46.5 Å². The first kappa shape index (κ1) is 16.2. The van der Waals surface area contributed by atoms with Crippen LogP contribution in [0.2, 0.25) is 0 Å². The predicted octanol–water partition coefficient (Wildman–Crippen LogP) is 4.86. The van der Waals surface area contributed by atoms with Crippen molar-refractivity contribution in [2.24, 2.45) is 16.0 Å². The van der Waals surface area contributed by atoms with Crippen LogP contribution >= 0.6 is 11.3 Å². The second kappa shape index (κ2) is 7.26. The zero-order valence-corrected chi connectivity index (χ0v) is 15.1. The van der Waals surface area contributed by atoms with Crippen molar-refractivity contribution in [3.05, 3.63) is 40.0 Å². The van der Waals surface area contributed by atoms with E-state index in [1.165, 1.54) is 29.7 Å². The van der Waals surface area contributed by atoms with Crippen LogP contribution in [0.4, 0.5) is 0 Å². The van der Waals surface area contributed by atoms with Gasteiger partial charge in [0.1, 0.15) is 0 Å². The molecule has 0 saturated heterocycles. The monoisotopic (exact) mass is 327 g/mol. The number of benzene rings is 1. The topological polar surface area (TPSA) is 29.6 Å². The highest BCUT2D eigenvalue weighted by Crippen LogP contribution is 2.24. The Morgan fingerprint density at radius 1 is 1.26 bits per heavy atom. The number of aromatic nitrogens is 1. The maximum Gasteiger partial charge on any atom is 0.206 e. The molecule has 1 saturated carbocycles. The van der Waals surface area contributed by atoms with Crippen LogP contribution in [0.15, 0.2) is 39.7 Å². The van der Waals surface area contributed by atoms with E-state index in [2.05, 4.69) is 60.1 Å². The zero-order chi connectivity index (χ0) is 16.2. The largest absolute Gasteiger partial charge is 0.258 e. The molecular weight excluding hydrogens is 302 g/mol. The molecule has 3 nitrogen and oxygen atoms in total. The first-order valence-corrected chi connectivity index (χ1v) is 9.40. The Labute approximate surface area is 142 Å². The van der Waals surface area contributed by atoms with Gasteiger partial charge in [-0.05, 0) is 45.4 Å². The SMILES string of the molecule is CCN=c1scc(-c2ccc(C)cc2)n1N=C1CCCC(C)C1. The molecule has 1 fully saturated rings. The number of aryl methyl sites for hydroxylation is 1. The third-order valence-electron chi connectivity index (χ3n) is 4.31. The van der Waals surface area contributed by atoms with E-state index < -0.39 is 0 Å². The Hall–Kier alpha value is -1.68. The van der Waals surface area contributed by atoms with Crippen LogP contribution in [0.3, 0.4) is 0 Å². The second-order valence-corrected chi connectivity index (χ2v) is 7.26. The minimum Gasteiger partial charge on any atom is -0.258 e. The number of thiazole rings is 1. The number of hydrogen-bond acceptors (Lipinski definition) is 3. The lowest BCUT2D eigenvalue weighted by Crippen LogP contribution is -2.18. The van der Waals surface area contributed by atoms with Gasteiger partial charge in [-0.25, -0.2) is 4.68 Å². The lowest BCUT2D eigenvalue weighted by molar-refractivity contribution is 0.497. The van der Waals surface area contributed by atoms with Gasteiger partial charge in [-0.3, -0.25) is 4.99 Å². The highest BCUT2D eigenvalue weighted by Gasteiger charge is 2.15. The van der Waals surface area contributed by atoms with Crippen molar-refractivity contribution in [2.75, 3.05) is 6.54 Å². The summed E-state index contributed by atoms with van der Waals surface area (Å²) >= 11 is 1.68. The number of rotatable bonds is 3. The van der Waals surface area contributed by atoms with E-state index in [1.54, 1.807) is 11.3 Å². The minimum absolute atomic E-state index is 0.746. The molecule has 4 heteroatoms. The van der Waals surface area contributed by atoms with Crippen LogP contribution in [0.1, 0.15) is 45.1 Å². The fourth-order valence-electron chi connectivity index (χ4n) is 3.06. The molecule has 3 rings (SSSR count). The van der Waals surface area contributed by atoms with Crippen molar-refractivity contribution < 1.29 is 0 Å². The van der Waals surface area contributed by atoms with Crippen molar-refractivity contribution in [3.8, 4) is 11.3 Å². The van der Waals surface area contributed by atoms with E-state index >= 15 is 0 Å². The third-order valence-corrected chi connectivity index (χ3v) is 5.17. The second-order valence-electron chi connectivity index (χ2n) is 6.42. The van der Waals surface area contributed by atoms with E-state index in [0.717, 1.165) is 35.8 Å². The molecule has 23 heavy (non-hydrogen) atoms. The van der Waals surface area contributed by atoms with Gasteiger partial charge >= 0.3 is 0 Å². The molecular formula is C19H25N3S. The van der Waals surface area contributed by atoms with Gasteiger partial charge in [-0.15, -0.1) is 11.3 Å². The molecule has 0 aliphatic heterocycles. The summed E-state index contributed by atoms with van der Waals surface area (Å²) in [7, 11) is 0. The first-order chi connectivity index (χ1) is 11.2. The molecule has 1 atom stereocenters. The molecule has 1 aromatic carbocycles. The molecule has 1 aromatic heterocycles. The fourth-order valence-corrected chi connectivity index (χ4v) is 3.95. The van der Waals surface area contributed by atoms with Gasteiger partial charge in [-0.2, -0.15) is 5.10 Å². The Balaban J connectivity index is 2.06. The Kier molecular flexibility index (Phi) is 5.11. The smallest absolute Gasteiger partial charge is 0.206 e. The number of hydrogen-bond donors (Lipinski definition) is 0. The molecule has 1 aliphatic rings. The Morgan fingerprint density at radius 2 is 2.04 bits per heavy atom. The molecule has 1 unspecified atom stereocenters. The van der Waals surface area contributed by atoms with E-state index in [9.17, 15) is 0 Å². The van der Waals surface area contributed by atoms with Gasteiger partial charge in [-0.1, -0.05) is 36.8 Å². The summed E-state index contributed by atoms with van der Waals surface area (Å²) in [6.45, 7) is 7.30. The number of nitrogens with zero attached hydrogens (tertiary/aromatic N) is 3. The first-order valence-electron chi connectivity index (χ1n) is 8.52. The molecule has 1 heterocycles. The quantitative estimate of drug-likeness (QED) is 0.770. The molecule has 0 amide bonds. The van der Waals surface area contributed by atoms with Crippen LogP contribution in [0.5, 0.6) is 0 Å². The highest BCUT2D eigenvalue weighted by molar-refractivity contribution is 7.07. The summed E-state index contributed by atoms with van der Waals surface area (Å²) in [5.41, 5.74) is 4.94. The van der Waals surface area contributed by atoms with E-state index in [-0.39, 0.29) is 0 Å². The standard InChI is InChI=1S/C19H25N3S/c1-4-20-19-22(21-17-7-5-6-15(3)12-17)18(13-23-19)16-10-8-14(2)9-11-16/h8-11,13,15H,4-7,12H2,1-3H3. The summed E-state index contributed by atoms with van der Waals surface area (Å²) in [6.07, 6.45) is 4.81. The molecule has 122 valence electrons. The molecule has 2 aromatic rings. The van der Waals surface area contributed by atoms with Gasteiger partial charge in [0.2, 0.25) is 4.80 Å². The van der Waals surface area contributed by atoms with Gasteiger partial charge < -0.3 is 0 Å². The van der Waals surface area contributed by atoms with Gasteiger partial charge in [0.15, 0.2) is 0 Å². The van der Waals surface area contributed by atoms with E-state index in [1.807, 2.05) is 0 Å². The zero-order valence-electron chi connectivity index (χ0n) is 14.2. The lowest BCUT2D eigenvalue weighted by atomic mass is 9.89. The van der Waals surface area contributed by atoms with Crippen LogP contribution in [-0.2, 0) is 0 Å². The average Bonchev–Trinajstić information content (AvgIpc) is 2.91. The van der Waals surface area contributed by atoms with Crippen LogP contribution < -0.4 is 4.80 Å². The Morgan fingerprint density at radius 3 is 2.74 bits per heavy atom. The molecule has 0 spiro atoms. The third kappa shape index (κ3) is 3.81. The van der Waals surface area contributed by atoms with Gasteiger partial charge in [0, 0.05) is 23.2 Å².